The maximum absolute atomic E-state index is 15.0. The maximum Gasteiger partial charge on any atom is 0.273 e. The Morgan fingerprint density at radius 2 is 1.79 bits per heavy atom. The minimum absolute atomic E-state index is 0.0617. The highest BCUT2D eigenvalue weighted by Crippen LogP contribution is 2.46. The van der Waals surface area contributed by atoms with E-state index in [2.05, 4.69) is 10.2 Å². The molecule has 5 nitrogen and oxygen atoms in total. The molecule has 33 heavy (non-hydrogen) atoms. The van der Waals surface area contributed by atoms with Crippen LogP contribution in [0.5, 0.6) is 5.75 Å². The number of aryl methyl sites for hydroxylation is 2. The lowest BCUT2D eigenvalue weighted by Crippen LogP contribution is -2.29. The molecule has 0 saturated heterocycles. The van der Waals surface area contributed by atoms with E-state index in [9.17, 15) is 14.3 Å². The number of carbonyl (C=O) groups excluding carboxylic acids is 1. The van der Waals surface area contributed by atoms with Crippen LogP contribution >= 0.6 is 0 Å². The van der Waals surface area contributed by atoms with Crippen LogP contribution in [0, 0.1) is 25.5 Å². The van der Waals surface area contributed by atoms with Gasteiger partial charge in [0.1, 0.15) is 28.8 Å². The summed E-state index contributed by atoms with van der Waals surface area (Å²) in [6.45, 7) is 3.85. The van der Waals surface area contributed by atoms with Crippen molar-refractivity contribution in [1.29, 1.82) is 0 Å². The second kappa shape index (κ2) is 7.85. The third-order valence-corrected chi connectivity index (χ3v) is 6.03. The first-order valence-electron chi connectivity index (χ1n) is 10.5. The predicted molar refractivity (Wildman–Crippen MR) is 120 cm³/mol. The largest absolute Gasteiger partial charge is 0.507 e. The zero-order chi connectivity index (χ0) is 23.3. The summed E-state index contributed by atoms with van der Waals surface area (Å²) in [5.41, 5.74) is 4.26. The zero-order valence-electron chi connectivity index (χ0n) is 18.1. The van der Waals surface area contributed by atoms with Crippen molar-refractivity contribution < 1.29 is 18.7 Å². The van der Waals surface area contributed by atoms with E-state index in [0.717, 1.165) is 5.56 Å². The summed E-state index contributed by atoms with van der Waals surface area (Å²) in [5.74, 6) is -1.11. The second-order valence-electron chi connectivity index (χ2n) is 8.32. The van der Waals surface area contributed by atoms with Crippen LogP contribution in [0.4, 0.5) is 8.78 Å². The second-order valence-corrected chi connectivity index (χ2v) is 8.32. The molecular formula is C26H21F2N3O2. The van der Waals surface area contributed by atoms with E-state index in [4.69, 9.17) is 0 Å². The van der Waals surface area contributed by atoms with Crippen molar-refractivity contribution in [3.05, 3.63) is 106 Å². The molecule has 0 fully saturated rings. The van der Waals surface area contributed by atoms with Gasteiger partial charge < -0.3 is 10.0 Å². The number of hydrogen-bond acceptors (Lipinski definition) is 3. The first-order valence-corrected chi connectivity index (χ1v) is 10.5. The Morgan fingerprint density at radius 1 is 1.06 bits per heavy atom. The molecule has 2 heterocycles. The van der Waals surface area contributed by atoms with Crippen molar-refractivity contribution in [2.24, 2.45) is 0 Å². The van der Waals surface area contributed by atoms with Gasteiger partial charge in [0.2, 0.25) is 0 Å². The van der Waals surface area contributed by atoms with Crippen molar-refractivity contribution in [2.75, 3.05) is 0 Å². The number of phenols is 1. The molecule has 0 radical (unpaired) electrons. The number of halogens is 2. The number of benzene rings is 3. The number of phenolic OH excluding ortho intramolecular Hbond substituents is 1. The molecule has 4 aromatic rings. The number of rotatable bonds is 4. The Morgan fingerprint density at radius 3 is 2.52 bits per heavy atom. The first kappa shape index (κ1) is 20.9. The lowest BCUT2D eigenvalue weighted by Gasteiger charge is -2.27. The van der Waals surface area contributed by atoms with Gasteiger partial charge in [0.05, 0.1) is 6.04 Å². The molecule has 1 amide bonds. The van der Waals surface area contributed by atoms with E-state index < -0.39 is 11.9 Å². The van der Waals surface area contributed by atoms with Crippen LogP contribution < -0.4 is 0 Å². The normalized spacial score (nSPS) is 15.2. The van der Waals surface area contributed by atoms with Gasteiger partial charge in [-0.05, 0) is 54.8 Å². The van der Waals surface area contributed by atoms with Crippen molar-refractivity contribution >= 4 is 5.91 Å². The quantitative estimate of drug-likeness (QED) is 0.441. The smallest absolute Gasteiger partial charge is 0.273 e. The molecule has 1 unspecified atom stereocenters. The lowest BCUT2D eigenvalue weighted by atomic mass is 9.93. The van der Waals surface area contributed by atoms with Crippen LogP contribution in [0.15, 0.2) is 60.7 Å². The highest BCUT2D eigenvalue weighted by atomic mass is 19.1. The lowest BCUT2D eigenvalue weighted by molar-refractivity contribution is 0.0728. The van der Waals surface area contributed by atoms with Crippen molar-refractivity contribution in [1.82, 2.24) is 15.1 Å². The fourth-order valence-electron chi connectivity index (χ4n) is 4.51. The minimum Gasteiger partial charge on any atom is -0.507 e. The summed E-state index contributed by atoms with van der Waals surface area (Å²) in [7, 11) is 0. The molecule has 1 aliphatic heterocycles. The first-order chi connectivity index (χ1) is 15.8. The molecule has 0 aliphatic carbocycles. The predicted octanol–water partition coefficient (Wildman–Crippen LogP) is 5.42. The summed E-state index contributed by atoms with van der Waals surface area (Å²) in [6.07, 6.45) is 0. The van der Waals surface area contributed by atoms with Gasteiger partial charge in [-0.3, -0.25) is 9.89 Å². The maximum atomic E-state index is 15.0. The standard InChI is InChI=1S/C26H21F2N3O2/c1-14-11-15(2)25(32)19(12-14)22-21-23(30-29-22)26(33)31(13-16-7-9-17(27)10-8-16)24(21)18-5-3-4-6-20(18)28/h3-12,24,32H,13H2,1-2H3,(H,29,30). The summed E-state index contributed by atoms with van der Waals surface area (Å²) in [6, 6.07) is 15.0. The summed E-state index contributed by atoms with van der Waals surface area (Å²) in [4.78, 5) is 15.0. The average Bonchev–Trinajstić information content (AvgIpc) is 3.32. The summed E-state index contributed by atoms with van der Waals surface area (Å²) < 4.78 is 28.4. The van der Waals surface area contributed by atoms with Gasteiger partial charge in [-0.15, -0.1) is 0 Å². The number of hydrogen-bond donors (Lipinski definition) is 2. The number of nitrogens with one attached hydrogen (secondary N) is 1. The van der Waals surface area contributed by atoms with Gasteiger partial charge in [0, 0.05) is 23.2 Å². The number of aromatic nitrogens is 2. The van der Waals surface area contributed by atoms with E-state index in [1.807, 2.05) is 13.0 Å². The Labute approximate surface area is 189 Å². The fourth-order valence-corrected chi connectivity index (χ4v) is 4.51. The Kier molecular flexibility index (Phi) is 4.96. The molecular weight excluding hydrogens is 424 g/mol. The number of aromatic amines is 1. The highest BCUT2D eigenvalue weighted by Gasteiger charge is 2.43. The highest BCUT2D eigenvalue weighted by molar-refractivity contribution is 6.00. The van der Waals surface area contributed by atoms with Crippen LogP contribution in [0.2, 0.25) is 0 Å². The Hall–Kier alpha value is -4.00. The minimum atomic E-state index is -0.771. The van der Waals surface area contributed by atoms with E-state index in [0.29, 0.717) is 33.5 Å². The van der Waals surface area contributed by atoms with Crippen LogP contribution in [0.3, 0.4) is 0 Å². The number of H-pyrrole nitrogens is 1. The van der Waals surface area contributed by atoms with Crippen LogP contribution in [-0.4, -0.2) is 26.1 Å². The van der Waals surface area contributed by atoms with Gasteiger partial charge in [0.25, 0.3) is 5.91 Å². The number of carbonyl (C=O) groups is 1. The number of aromatic hydroxyl groups is 1. The topological polar surface area (TPSA) is 69.2 Å². The molecule has 1 aliphatic rings. The number of nitrogens with zero attached hydrogens (tertiary/aromatic N) is 2. The zero-order valence-corrected chi connectivity index (χ0v) is 18.1. The molecule has 2 N–H and O–H groups in total. The van der Waals surface area contributed by atoms with E-state index in [1.54, 1.807) is 43.3 Å². The van der Waals surface area contributed by atoms with E-state index >= 15 is 4.39 Å². The van der Waals surface area contributed by atoms with Crippen LogP contribution in [0.25, 0.3) is 11.3 Å². The molecule has 3 aromatic carbocycles. The molecule has 166 valence electrons. The molecule has 7 heteroatoms. The fraction of sp³-hybridized carbons (Fsp3) is 0.154. The number of amides is 1. The van der Waals surface area contributed by atoms with Crippen molar-refractivity contribution in [3.8, 4) is 17.0 Å². The average molecular weight is 445 g/mol. The van der Waals surface area contributed by atoms with Crippen molar-refractivity contribution in [2.45, 2.75) is 26.4 Å². The molecule has 5 rings (SSSR count). The molecule has 0 saturated carbocycles. The molecule has 1 atom stereocenters. The molecule has 1 aromatic heterocycles. The summed E-state index contributed by atoms with van der Waals surface area (Å²) in [5, 5.41) is 17.9. The van der Waals surface area contributed by atoms with Crippen LogP contribution in [0.1, 0.15) is 44.3 Å². The van der Waals surface area contributed by atoms with Gasteiger partial charge in [0.15, 0.2) is 0 Å². The molecule has 0 bridgehead atoms. The van der Waals surface area contributed by atoms with Crippen molar-refractivity contribution in [3.63, 3.8) is 0 Å². The number of fused-ring (bicyclic) bond motifs is 1. The SMILES string of the molecule is Cc1cc(C)c(O)c(-c2n[nH]c3c2C(c2ccccc2F)N(Cc2ccc(F)cc2)C3=O)c1. The molecule has 0 spiro atoms. The van der Waals surface area contributed by atoms with E-state index in [-0.39, 0.29) is 29.7 Å². The third-order valence-electron chi connectivity index (χ3n) is 6.03. The Balaban J connectivity index is 1.70. The van der Waals surface area contributed by atoms with Gasteiger partial charge >= 0.3 is 0 Å². The van der Waals surface area contributed by atoms with Gasteiger partial charge in [-0.2, -0.15) is 5.10 Å². The Bertz CT molecular complexity index is 1380. The third kappa shape index (κ3) is 3.46. The van der Waals surface area contributed by atoms with Gasteiger partial charge in [-0.1, -0.05) is 36.4 Å². The van der Waals surface area contributed by atoms with Gasteiger partial charge in [-0.25, -0.2) is 8.78 Å². The summed E-state index contributed by atoms with van der Waals surface area (Å²) >= 11 is 0. The monoisotopic (exact) mass is 445 g/mol. The van der Waals surface area contributed by atoms with E-state index in [1.165, 1.54) is 23.1 Å². The van der Waals surface area contributed by atoms with Crippen LogP contribution in [-0.2, 0) is 6.54 Å².